The minimum absolute atomic E-state index is 0.320. The van der Waals surface area contributed by atoms with Crippen LogP contribution in [0.5, 0.6) is 0 Å². The highest BCUT2D eigenvalue weighted by molar-refractivity contribution is 9.10. The summed E-state index contributed by atoms with van der Waals surface area (Å²) in [4.78, 5) is 15.7. The lowest BCUT2D eigenvalue weighted by Gasteiger charge is -2.10. The Bertz CT molecular complexity index is 977. The second kappa shape index (κ2) is 6.60. The van der Waals surface area contributed by atoms with Crippen LogP contribution in [0.4, 0.5) is 19.1 Å². The Morgan fingerprint density at radius 1 is 1.27 bits per heavy atom. The predicted octanol–water partition coefficient (Wildman–Crippen LogP) is 4.25. The number of aromatic amines is 1. The minimum atomic E-state index is -4.66. The molecular weight excluding hydrogens is 415 g/mol. The van der Waals surface area contributed by atoms with Gasteiger partial charge in [-0.05, 0) is 38.1 Å². The quantitative estimate of drug-likeness (QED) is 0.655. The van der Waals surface area contributed by atoms with Gasteiger partial charge in [0.25, 0.3) is 5.91 Å². The Balaban J connectivity index is 1.89. The third kappa shape index (κ3) is 3.50. The molecule has 6 nitrogen and oxygen atoms in total. The lowest BCUT2D eigenvalue weighted by Crippen LogP contribution is -2.14. The number of aromatic nitrogens is 4. The van der Waals surface area contributed by atoms with Gasteiger partial charge in [0.15, 0.2) is 0 Å². The Kier molecular flexibility index (Phi) is 4.61. The summed E-state index contributed by atoms with van der Waals surface area (Å²) in [5.41, 5.74) is 2.62. The highest BCUT2D eigenvalue weighted by atomic mass is 79.9. The molecule has 0 bridgehead atoms. The molecule has 136 valence electrons. The topological polar surface area (TPSA) is 75.6 Å². The van der Waals surface area contributed by atoms with Gasteiger partial charge in [-0.2, -0.15) is 18.2 Å². The molecule has 0 unspecified atom stereocenters. The molecule has 0 radical (unpaired) electrons. The van der Waals surface area contributed by atoms with Crippen LogP contribution in [0.1, 0.15) is 27.6 Å². The van der Waals surface area contributed by atoms with E-state index < -0.39 is 23.9 Å². The van der Waals surface area contributed by atoms with Gasteiger partial charge in [0.2, 0.25) is 11.8 Å². The van der Waals surface area contributed by atoms with Gasteiger partial charge in [0.1, 0.15) is 0 Å². The molecule has 1 aromatic carbocycles. The number of benzene rings is 1. The maximum Gasteiger partial charge on any atom is 0.451 e. The van der Waals surface area contributed by atoms with Gasteiger partial charge in [0.05, 0.1) is 5.56 Å². The molecule has 0 spiro atoms. The number of hydrogen-bond donors (Lipinski definition) is 2. The van der Waals surface area contributed by atoms with Crippen LogP contribution in [0.25, 0.3) is 5.69 Å². The van der Waals surface area contributed by atoms with E-state index in [0.29, 0.717) is 11.3 Å². The molecule has 0 atom stereocenters. The third-order valence-electron chi connectivity index (χ3n) is 3.72. The van der Waals surface area contributed by atoms with Gasteiger partial charge in [0, 0.05) is 21.5 Å². The summed E-state index contributed by atoms with van der Waals surface area (Å²) >= 11 is 3.40. The van der Waals surface area contributed by atoms with Crippen LogP contribution < -0.4 is 5.32 Å². The van der Waals surface area contributed by atoms with Crippen LogP contribution in [0.2, 0.25) is 0 Å². The smallest absolute Gasteiger partial charge is 0.318 e. The summed E-state index contributed by atoms with van der Waals surface area (Å²) in [6, 6.07) is 9.18. The van der Waals surface area contributed by atoms with E-state index in [4.69, 9.17) is 0 Å². The number of anilines is 1. The predicted molar refractivity (Wildman–Crippen MR) is 92.3 cm³/mol. The molecule has 0 saturated carbocycles. The van der Waals surface area contributed by atoms with E-state index in [0.717, 1.165) is 15.9 Å². The van der Waals surface area contributed by atoms with Crippen LogP contribution in [-0.2, 0) is 6.18 Å². The summed E-state index contributed by atoms with van der Waals surface area (Å²) in [7, 11) is 0. The fraction of sp³-hybridized carbons (Fsp3) is 0.188. The number of alkyl halides is 3. The Labute approximate surface area is 154 Å². The van der Waals surface area contributed by atoms with Crippen molar-refractivity contribution in [1.82, 2.24) is 19.7 Å². The number of carbonyl (C=O) groups excluding carboxylic acids is 1. The Morgan fingerprint density at radius 2 is 2.00 bits per heavy atom. The molecule has 10 heteroatoms. The first-order chi connectivity index (χ1) is 12.2. The number of H-pyrrole nitrogens is 1. The van der Waals surface area contributed by atoms with E-state index in [2.05, 4.69) is 31.3 Å². The van der Waals surface area contributed by atoms with Crippen molar-refractivity contribution in [2.24, 2.45) is 0 Å². The molecular formula is C16H13BrF3N5O. The largest absolute Gasteiger partial charge is 0.451 e. The average Bonchev–Trinajstić information content (AvgIpc) is 3.12. The molecule has 3 rings (SSSR count). The SMILES string of the molecule is Cc1cc(C(=O)Nc2n[nH]c(C(F)(F)F)n2)c(C)n1-c1cccc(Br)c1. The van der Waals surface area contributed by atoms with E-state index in [1.165, 1.54) is 0 Å². The minimum Gasteiger partial charge on any atom is -0.318 e. The van der Waals surface area contributed by atoms with E-state index in [9.17, 15) is 18.0 Å². The first kappa shape index (κ1) is 18.2. The Morgan fingerprint density at radius 3 is 2.62 bits per heavy atom. The molecule has 26 heavy (non-hydrogen) atoms. The number of aryl methyl sites for hydroxylation is 1. The van der Waals surface area contributed by atoms with Gasteiger partial charge < -0.3 is 4.57 Å². The second-order valence-electron chi connectivity index (χ2n) is 5.56. The van der Waals surface area contributed by atoms with Crippen molar-refractivity contribution in [3.8, 4) is 5.69 Å². The summed E-state index contributed by atoms with van der Waals surface area (Å²) in [5, 5.41) is 7.41. The molecule has 1 amide bonds. The van der Waals surface area contributed by atoms with Crippen molar-refractivity contribution in [2.75, 3.05) is 5.32 Å². The summed E-state index contributed by atoms with van der Waals surface area (Å²) < 4.78 is 40.4. The number of nitrogens with zero attached hydrogens (tertiary/aromatic N) is 3. The molecule has 0 saturated heterocycles. The highest BCUT2D eigenvalue weighted by Gasteiger charge is 2.35. The number of hydrogen-bond acceptors (Lipinski definition) is 3. The zero-order valence-corrected chi connectivity index (χ0v) is 15.2. The number of halogens is 4. The van der Waals surface area contributed by atoms with Crippen LogP contribution in [0, 0.1) is 13.8 Å². The first-order valence-corrected chi connectivity index (χ1v) is 8.22. The standard InChI is InChI=1S/C16H13BrF3N5O/c1-8-6-12(9(2)25(8)11-5-3-4-10(17)7-11)13(26)21-15-22-14(23-24-15)16(18,19)20/h3-7H,1-2H3,(H2,21,22,23,24,26). The molecule has 3 aromatic rings. The Hall–Kier alpha value is -2.62. The maximum absolute atomic E-state index is 12.5. The van der Waals surface area contributed by atoms with Crippen molar-refractivity contribution in [2.45, 2.75) is 20.0 Å². The third-order valence-corrected chi connectivity index (χ3v) is 4.21. The molecule has 0 aliphatic carbocycles. The first-order valence-electron chi connectivity index (χ1n) is 7.42. The van der Waals surface area contributed by atoms with Crippen molar-refractivity contribution >= 4 is 27.8 Å². The van der Waals surface area contributed by atoms with Gasteiger partial charge in [-0.3, -0.25) is 15.2 Å². The van der Waals surface area contributed by atoms with E-state index in [-0.39, 0.29) is 0 Å². The van der Waals surface area contributed by atoms with Crippen LogP contribution in [0.15, 0.2) is 34.8 Å². The van der Waals surface area contributed by atoms with Crippen LogP contribution in [-0.4, -0.2) is 25.7 Å². The monoisotopic (exact) mass is 427 g/mol. The van der Waals surface area contributed by atoms with E-state index in [1.807, 2.05) is 35.8 Å². The van der Waals surface area contributed by atoms with Gasteiger partial charge in [-0.25, -0.2) is 0 Å². The molecule has 0 fully saturated rings. The summed E-state index contributed by atoms with van der Waals surface area (Å²) in [6.45, 7) is 3.58. The number of rotatable bonds is 3. The maximum atomic E-state index is 12.5. The average molecular weight is 428 g/mol. The highest BCUT2D eigenvalue weighted by Crippen LogP contribution is 2.27. The zero-order chi connectivity index (χ0) is 19.1. The zero-order valence-electron chi connectivity index (χ0n) is 13.6. The number of carbonyl (C=O) groups is 1. The van der Waals surface area contributed by atoms with Gasteiger partial charge in [-0.1, -0.05) is 22.0 Å². The number of nitrogens with one attached hydrogen (secondary N) is 2. The molecule has 0 aliphatic rings. The van der Waals surface area contributed by atoms with E-state index in [1.54, 1.807) is 18.1 Å². The summed E-state index contributed by atoms with van der Waals surface area (Å²) in [5.74, 6) is -2.30. The normalized spacial score (nSPS) is 11.6. The van der Waals surface area contributed by atoms with Crippen molar-refractivity contribution in [3.63, 3.8) is 0 Å². The fourth-order valence-corrected chi connectivity index (χ4v) is 3.01. The van der Waals surface area contributed by atoms with Gasteiger partial charge in [-0.15, -0.1) is 5.10 Å². The second-order valence-corrected chi connectivity index (χ2v) is 6.48. The molecule has 2 N–H and O–H groups in total. The fourth-order valence-electron chi connectivity index (χ4n) is 2.62. The summed E-state index contributed by atoms with van der Waals surface area (Å²) in [6.07, 6.45) is -4.66. The van der Waals surface area contributed by atoms with E-state index >= 15 is 0 Å². The van der Waals surface area contributed by atoms with Gasteiger partial charge >= 0.3 is 6.18 Å². The van der Waals surface area contributed by atoms with Crippen LogP contribution >= 0.6 is 15.9 Å². The lowest BCUT2D eigenvalue weighted by atomic mass is 10.2. The van der Waals surface area contributed by atoms with Crippen molar-refractivity contribution in [3.05, 3.63) is 57.6 Å². The lowest BCUT2D eigenvalue weighted by molar-refractivity contribution is -0.144. The molecule has 2 aromatic heterocycles. The van der Waals surface area contributed by atoms with Crippen molar-refractivity contribution < 1.29 is 18.0 Å². The van der Waals surface area contributed by atoms with Crippen molar-refractivity contribution in [1.29, 1.82) is 0 Å². The number of amides is 1. The molecule has 0 aliphatic heterocycles. The van der Waals surface area contributed by atoms with Crippen LogP contribution in [0.3, 0.4) is 0 Å². The molecule has 2 heterocycles.